The van der Waals surface area contributed by atoms with Gasteiger partial charge in [-0.2, -0.15) is 10.2 Å². The lowest BCUT2D eigenvalue weighted by atomic mass is 9.88. The lowest BCUT2D eigenvalue weighted by Gasteiger charge is -2.40. The zero-order chi connectivity index (χ0) is 14.4. The van der Waals surface area contributed by atoms with E-state index < -0.39 is 0 Å². The maximum absolute atomic E-state index is 4.44. The first-order valence-electron chi connectivity index (χ1n) is 7.49. The zero-order valence-electron chi connectivity index (χ0n) is 12.0. The van der Waals surface area contributed by atoms with Crippen LogP contribution >= 0.6 is 15.9 Å². The van der Waals surface area contributed by atoms with Crippen LogP contribution < -0.4 is 4.90 Å². The maximum atomic E-state index is 4.44. The molecule has 21 heavy (non-hydrogen) atoms. The molecule has 0 radical (unpaired) electrons. The van der Waals surface area contributed by atoms with Gasteiger partial charge in [-0.15, -0.1) is 5.10 Å². The van der Waals surface area contributed by atoms with Crippen LogP contribution in [0.4, 0.5) is 5.82 Å². The van der Waals surface area contributed by atoms with E-state index in [0.717, 1.165) is 42.1 Å². The first-order chi connectivity index (χ1) is 10.2. The van der Waals surface area contributed by atoms with Crippen molar-refractivity contribution < 1.29 is 0 Å². The van der Waals surface area contributed by atoms with Crippen molar-refractivity contribution in [1.82, 2.24) is 20.0 Å². The third kappa shape index (κ3) is 2.46. The fourth-order valence-corrected chi connectivity index (χ4v) is 3.47. The highest BCUT2D eigenvalue weighted by Crippen LogP contribution is 2.30. The second-order valence-corrected chi connectivity index (χ2v) is 7.14. The molecule has 0 aromatic carbocycles. The predicted octanol–water partition coefficient (Wildman–Crippen LogP) is 2.62. The third-order valence-corrected chi connectivity index (χ3v) is 4.93. The van der Waals surface area contributed by atoms with Crippen LogP contribution in [-0.2, 0) is 12.8 Å². The van der Waals surface area contributed by atoms with Crippen LogP contribution in [0.15, 0.2) is 22.9 Å². The number of nitrogens with zero attached hydrogens (tertiary/aromatic N) is 5. The summed E-state index contributed by atoms with van der Waals surface area (Å²) in [5, 5.41) is 13.2. The van der Waals surface area contributed by atoms with E-state index in [1.54, 1.807) is 0 Å². The van der Waals surface area contributed by atoms with Crippen LogP contribution in [0, 0.1) is 5.92 Å². The van der Waals surface area contributed by atoms with Crippen LogP contribution in [0.2, 0.25) is 0 Å². The summed E-state index contributed by atoms with van der Waals surface area (Å²) in [5.74, 6) is 1.78. The minimum absolute atomic E-state index is 0.438. The number of rotatable bonds is 2. The Morgan fingerprint density at radius 3 is 2.90 bits per heavy atom. The summed E-state index contributed by atoms with van der Waals surface area (Å²) in [7, 11) is 0. The van der Waals surface area contributed by atoms with Crippen molar-refractivity contribution >= 4 is 21.7 Å². The van der Waals surface area contributed by atoms with Gasteiger partial charge in [0.1, 0.15) is 0 Å². The molecule has 1 saturated heterocycles. The third-order valence-electron chi connectivity index (χ3n) is 4.52. The summed E-state index contributed by atoms with van der Waals surface area (Å²) in [4.78, 5) is 2.28. The minimum atomic E-state index is 0.438. The number of hydrogen-bond acceptors (Lipinski definition) is 4. The van der Waals surface area contributed by atoms with Gasteiger partial charge in [-0.25, -0.2) is 0 Å². The normalized spacial score (nSPS) is 22.0. The Hall–Kier alpha value is -1.43. The highest BCUT2D eigenvalue weighted by atomic mass is 79.9. The molecule has 3 heterocycles. The monoisotopic (exact) mass is 347 g/mol. The SMILES string of the molecule is CC1CCc2nnc(N3CC(n4cc(Br)cn4)C3)cc2C1. The van der Waals surface area contributed by atoms with Crippen molar-refractivity contribution in [2.75, 3.05) is 18.0 Å². The summed E-state index contributed by atoms with van der Waals surface area (Å²) in [6.45, 7) is 4.23. The lowest BCUT2D eigenvalue weighted by Crippen LogP contribution is -2.48. The lowest BCUT2D eigenvalue weighted by molar-refractivity contribution is 0.364. The molecule has 0 bridgehead atoms. The Balaban J connectivity index is 1.48. The van der Waals surface area contributed by atoms with E-state index in [-0.39, 0.29) is 0 Å². The molecule has 0 spiro atoms. The molecule has 110 valence electrons. The molecule has 0 N–H and O–H groups in total. The van der Waals surface area contributed by atoms with E-state index in [1.807, 2.05) is 17.1 Å². The van der Waals surface area contributed by atoms with E-state index in [0.29, 0.717) is 6.04 Å². The van der Waals surface area contributed by atoms with Gasteiger partial charge in [-0.1, -0.05) is 6.92 Å². The number of halogens is 1. The Labute approximate surface area is 132 Å². The number of aromatic nitrogens is 4. The predicted molar refractivity (Wildman–Crippen MR) is 84.4 cm³/mol. The molecule has 4 rings (SSSR count). The van der Waals surface area contributed by atoms with Crippen molar-refractivity contribution in [3.63, 3.8) is 0 Å². The van der Waals surface area contributed by atoms with E-state index in [2.05, 4.69) is 49.1 Å². The fraction of sp³-hybridized carbons (Fsp3) is 0.533. The summed E-state index contributed by atoms with van der Waals surface area (Å²) in [5.41, 5.74) is 2.59. The second kappa shape index (κ2) is 5.09. The molecule has 1 atom stereocenters. The van der Waals surface area contributed by atoms with Gasteiger partial charge in [-0.05, 0) is 52.7 Å². The molecule has 1 aliphatic carbocycles. The molecule has 5 nitrogen and oxygen atoms in total. The highest BCUT2D eigenvalue weighted by Gasteiger charge is 2.31. The quantitative estimate of drug-likeness (QED) is 0.837. The number of fused-ring (bicyclic) bond motifs is 1. The van der Waals surface area contributed by atoms with Gasteiger partial charge in [0.05, 0.1) is 22.4 Å². The molecular formula is C15H18BrN5. The molecule has 1 aliphatic heterocycles. The van der Waals surface area contributed by atoms with E-state index in [4.69, 9.17) is 0 Å². The summed E-state index contributed by atoms with van der Waals surface area (Å²) < 4.78 is 3.05. The number of aryl methyl sites for hydroxylation is 1. The Morgan fingerprint density at radius 1 is 1.29 bits per heavy atom. The van der Waals surface area contributed by atoms with Crippen LogP contribution in [0.5, 0.6) is 0 Å². The van der Waals surface area contributed by atoms with Crippen molar-refractivity contribution in [3.05, 3.63) is 34.2 Å². The van der Waals surface area contributed by atoms with E-state index in [1.165, 1.54) is 17.7 Å². The molecule has 2 aliphatic rings. The Kier molecular flexibility index (Phi) is 3.21. The fourth-order valence-electron chi connectivity index (χ4n) is 3.17. The molecule has 0 amide bonds. The van der Waals surface area contributed by atoms with Crippen LogP contribution in [0.3, 0.4) is 0 Å². The standard InChI is InChI=1S/C15H18BrN5/c1-10-2-3-14-11(4-10)5-15(19-18-14)20-8-13(9-20)21-7-12(16)6-17-21/h5-7,10,13H,2-4,8-9H2,1H3. The van der Waals surface area contributed by atoms with Crippen LogP contribution in [0.25, 0.3) is 0 Å². The van der Waals surface area contributed by atoms with Crippen LogP contribution in [-0.4, -0.2) is 33.1 Å². The summed E-state index contributed by atoms with van der Waals surface area (Å²) >= 11 is 3.44. The maximum Gasteiger partial charge on any atom is 0.151 e. The average molecular weight is 348 g/mol. The minimum Gasteiger partial charge on any atom is -0.351 e. The first kappa shape index (κ1) is 13.2. The van der Waals surface area contributed by atoms with Crippen molar-refractivity contribution in [3.8, 4) is 0 Å². The highest BCUT2D eigenvalue weighted by molar-refractivity contribution is 9.10. The molecule has 6 heteroatoms. The first-order valence-corrected chi connectivity index (χ1v) is 8.28. The average Bonchev–Trinajstić information content (AvgIpc) is 2.83. The van der Waals surface area contributed by atoms with Crippen molar-refractivity contribution in [2.45, 2.75) is 32.2 Å². The van der Waals surface area contributed by atoms with Crippen molar-refractivity contribution in [1.29, 1.82) is 0 Å². The van der Waals surface area contributed by atoms with Gasteiger partial charge >= 0.3 is 0 Å². The molecule has 1 fully saturated rings. The molecule has 2 aromatic rings. The molecule has 2 aromatic heterocycles. The summed E-state index contributed by atoms with van der Waals surface area (Å²) in [6, 6.07) is 2.68. The van der Waals surface area contributed by atoms with Crippen LogP contribution in [0.1, 0.15) is 30.6 Å². The number of hydrogen-bond donors (Lipinski definition) is 0. The van der Waals surface area contributed by atoms with E-state index >= 15 is 0 Å². The van der Waals surface area contributed by atoms with E-state index in [9.17, 15) is 0 Å². The van der Waals surface area contributed by atoms with Gasteiger partial charge in [-0.3, -0.25) is 4.68 Å². The molecule has 0 saturated carbocycles. The smallest absolute Gasteiger partial charge is 0.151 e. The molecule has 1 unspecified atom stereocenters. The largest absolute Gasteiger partial charge is 0.351 e. The molecular weight excluding hydrogens is 330 g/mol. The van der Waals surface area contributed by atoms with Gasteiger partial charge < -0.3 is 4.90 Å². The van der Waals surface area contributed by atoms with Gasteiger partial charge in [0.25, 0.3) is 0 Å². The van der Waals surface area contributed by atoms with Gasteiger partial charge in [0, 0.05) is 19.3 Å². The Morgan fingerprint density at radius 2 is 2.14 bits per heavy atom. The topological polar surface area (TPSA) is 46.8 Å². The van der Waals surface area contributed by atoms with Gasteiger partial charge in [0.15, 0.2) is 5.82 Å². The zero-order valence-corrected chi connectivity index (χ0v) is 13.6. The van der Waals surface area contributed by atoms with Gasteiger partial charge in [0.2, 0.25) is 0 Å². The Bertz CT molecular complexity index is 662. The summed E-state index contributed by atoms with van der Waals surface area (Å²) in [6.07, 6.45) is 7.32. The number of anilines is 1. The van der Waals surface area contributed by atoms with Crippen molar-refractivity contribution in [2.24, 2.45) is 5.92 Å². The second-order valence-electron chi connectivity index (χ2n) is 6.22.